The van der Waals surface area contributed by atoms with E-state index in [2.05, 4.69) is 13.2 Å². The summed E-state index contributed by atoms with van der Waals surface area (Å²) in [4.78, 5) is 0. The minimum absolute atomic E-state index is 0.841. The van der Waals surface area contributed by atoms with Crippen LogP contribution < -0.4 is 0 Å². The van der Waals surface area contributed by atoms with E-state index in [4.69, 9.17) is 0 Å². The second-order valence-electron chi connectivity index (χ2n) is 4.76. The maximum absolute atomic E-state index is 4.25. The molecule has 0 heterocycles. The van der Waals surface area contributed by atoms with Crippen LogP contribution in [0.3, 0.4) is 0 Å². The third-order valence-corrected chi connectivity index (χ3v) is 3.78. The fraction of sp³-hybridized carbons (Fsp3) is 0.692. The molecule has 2 atom stereocenters. The maximum atomic E-state index is 4.25. The molecule has 0 bridgehead atoms. The Morgan fingerprint density at radius 3 is 2.69 bits per heavy atom. The van der Waals surface area contributed by atoms with Gasteiger partial charge in [0, 0.05) is 0 Å². The normalized spacial score (nSPS) is 35.4. The smallest absolute Gasteiger partial charge is 0.0171 e. The lowest BCUT2D eigenvalue weighted by Gasteiger charge is -2.32. The van der Waals surface area contributed by atoms with Crippen LogP contribution in [0, 0.1) is 11.8 Å². The van der Waals surface area contributed by atoms with Gasteiger partial charge in [0.15, 0.2) is 0 Å². The van der Waals surface area contributed by atoms with E-state index in [1.807, 2.05) is 0 Å². The molecule has 2 rings (SSSR count). The Labute approximate surface area is 81.7 Å². The molecule has 0 aromatic heterocycles. The zero-order valence-electron chi connectivity index (χ0n) is 8.52. The topological polar surface area (TPSA) is 0 Å². The maximum Gasteiger partial charge on any atom is -0.0171 e. The van der Waals surface area contributed by atoms with E-state index < -0.39 is 0 Å². The largest absolute Gasteiger partial charge is 0.0999 e. The molecule has 0 spiro atoms. The highest BCUT2D eigenvalue weighted by Crippen LogP contribution is 2.42. The molecule has 2 aliphatic rings. The molecule has 0 aromatic rings. The SMILES string of the molecule is C=C1CCC2C(=C)CCCCC2C1. The van der Waals surface area contributed by atoms with Gasteiger partial charge in [-0.05, 0) is 50.4 Å². The minimum Gasteiger partial charge on any atom is -0.0999 e. The Morgan fingerprint density at radius 2 is 1.85 bits per heavy atom. The van der Waals surface area contributed by atoms with Crippen LogP contribution >= 0.6 is 0 Å². The zero-order chi connectivity index (χ0) is 9.26. The average Bonchev–Trinajstić information content (AvgIpc) is 2.28. The second-order valence-corrected chi connectivity index (χ2v) is 4.76. The minimum atomic E-state index is 0.841. The zero-order valence-corrected chi connectivity index (χ0v) is 8.52. The molecular weight excluding hydrogens is 156 g/mol. The van der Waals surface area contributed by atoms with E-state index in [-0.39, 0.29) is 0 Å². The summed E-state index contributed by atoms with van der Waals surface area (Å²) < 4.78 is 0. The molecule has 0 aliphatic heterocycles. The highest BCUT2D eigenvalue weighted by Gasteiger charge is 2.29. The quantitative estimate of drug-likeness (QED) is 0.488. The lowest BCUT2D eigenvalue weighted by atomic mass is 9.73. The molecule has 0 aromatic carbocycles. The van der Waals surface area contributed by atoms with Crippen LogP contribution in [0.15, 0.2) is 24.3 Å². The number of fused-ring (bicyclic) bond motifs is 1. The van der Waals surface area contributed by atoms with Crippen LogP contribution in [0.4, 0.5) is 0 Å². The Morgan fingerprint density at radius 1 is 1.00 bits per heavy atom. The third kappa shape index (κ3) is 1.87. The number of hydrogen-bond acceptors (Lipinski definition) is 0. The van der Waals surface area contributed by atoms with Gasteiger partial charge in [-0.1, -0.05) is 30.7 Å². The molecule has 2 saturated carbocycles. The first-order valence-corrected chi connectivity index (χ1v) is 5.61. The second kappa shape index (κ2) is 3.69. The van der Waals surface area contributed by atoms with E-state index >= 15 is 0 Å². The molecule has 13 heavy (non-hydrogen) atoms. The van der Waals surface area contributed by atoms with Gasteiger partial charge < -0.3 is 0 Å². The predicted molar refractivity (Wildman–Crippen MR) is 57.6 cm³/mol. The van der Waals surface area contributed by atoms with Crippen molar-refractivity contribution in [2.75, 3.05) is 0 Å². The van der Waals surface area contributed by atoms with Gasteiger partial charge in [-0.25, -0.2) is 0 Å². The first-order chi connectivity index (χ1) is 6.27. The summed E-state index contributed by atoms with van der Waals surface area (Å²) in [6, 6.07) is 0. The number of hydrogen-bond donors (Lipinski definition) is 0. The van der Waals surface area contributed by atoms with Crippen molar-refractivity contribution in [2.24, 2.45) is 11.8 Å². The van der Waals surface area contributed by atoms with Crippen molar-refractivity contribution in [3.63, 3.8) is 0 Å². The van der Waals surface area contributed by atoms with Gasteiger partial charge >= 0.3 is 0 Å². The molecule has 0 N–H and O–H groups in total. The summed E-state index contributed by atoms with van der Waals surface area (Å²) in [6.07, 6.45) is 9.36. The van der Waals surface area contributed by atoms with Gasteiger partial charge in [0.2, 0.25) is 0 Å². The lowest BCUT2D eigenvalue weighted by molar-refractivity contribution is 0.307. The van der Waals surface area contributed by atoms with E-state index in [1.54, 1.807) is 0 Å². The average molecular weight is 176 g/mol. The van der Waals surface area contributed by atoms with Gasteiger partial charge in [0.05, 0.1) is 0 Å². The van der Waals surface area contributed by atoms with Gasteiger partial charge in [-0.2, -0.15) is 0 Å². The number of rotatable bonds is 0. The first-order valence-electron chi connectivity index (χ1n) is 5.61. The van der Waals surface area contributed by atoms with Crippen LogP contribution in [0.1, 0.15) is 44.9 Å². The highest BCUT2D eigenvalue weighted by molar-refractivity contribution is 5.12. The van der Waals surface area contributed by atoms with Crippen LogP contribution in [-0.2, 0) is 0 Å². The van der Waals surface area contributed by atoms with Crippen molar-refractivity contribution >= 4 is 0 Å². The van der Waals surface area contributed by atoms with E-state index in [0.717, 1.165) is 11.8 Å². The van der Waals surface area contributed by atoms with Crippen molar-refractivity contribution in [1.82, 2.24) is 0 Å². The molecular formula is C13H20. The Kier molecular flexibility index (Phi) is 2.57. The van der Waals surface area contributed by atoms with Crippen LogP contribution in [0.25, 0.3) is 0 Å². The first kappa shape index (κ1) is 9.05. The molecule has 0 saturated heterocycles. The summed E-state index contributed by atoms with van der Waals surface area (Å²) >= 11 is 0. The summed E-state index contributed by atoms with van der Waals surface area (Å²) in [5.41, 5.74) is 3.02. The Bertz CT molecular complexity index is 224. The van der Waals surface area contributed by atoms with Gasteiger partial charge in [0.1, 0.15) is 0 Å². The molecule has 72 valence electrons. The van der Waals surface area contributed by atoms with Crippen LogP contribution in [0.5, 0.6) is 0 Å². The van der Waals surface area contributed by atoms with Crippen LogP contribution in [-0.4, -0.2) is 0 Å². The Balaban J connectivity index is 2.10. The molecule has 0 amide bonds. The van der Waals surface area contributed by atoms with Crippen molar-refractivity contribution in [2.45, 2.75) is 44.9 Å². The van der Waals surface area contributed by atoms with E-state index in [9.17, 15) is 0 Å². The van der Waals surface area contributed by atoms with Crippen molar-refractivity contribution in [3.05, 3.63) is 24.3 Å². The Hall–Kier alpha value is -0.520. The molecule has 0 heteroatoms. The molecule has 2 aliphatic carbocycles. The molecule has 0 nitrogen and oxygen atoms in total. The molecule has 2 fully saturated rings. The standard InChI is InChI=1S/C13H20/c1-10-7-8-13-11(2)5-3-4-6-12(13)9-10/h12-13H,1-9H2. The van der Waals surface area contributed by atoms with Gasteiger partial charge in [-0.3, -0.25) is 0 Å². The fourth-order valence-electron chi connectivity index (χ4n) is 3.00. The van der Waals surface area contributed by atoms with Gasteiger partial charge in [0.25, 0.3) is 0 Å². The molecule has 0 radical (unpaired) electrons. The summed E-state index contributed by atoms with van der Waals surface area (Å²) in [7, 11) is 0. The van der Waals surface area contributed by atoms with E-state index in [1.165, 1.54) is 56.1 Å². The lowest BCUT2D eigenvalue weighted by Crippen LogP contribution is -2.20. The summed E-state index contributed by atoms with van der Waals surface area (Å²) in [5, 5.41) is 0. The van der Waals surface area contributed by atoms with Crippen LogP contribution in [0.2, 0.25) is 0 Å². The number of allylic oxidation sites excluding steroid dienone is 2. The summed E-state index contributed by atoms with van der Waals surface area (Å²) in [5.74, 6) is 1.74. The van der Waals surface area contributed by atoms with Crippen molar-refractivity contribution < 1.29 is 0 Å². The summed E-state index contributed by atoms with van der Waals surface area (Å²) in [6.45, 7) is 8.39. The third-order valence-electron chi connectivity index (χ3n) is 3.78. The monoisotopic (exact) mass is 176 g/mol. The van der Waals surface area contributed by atoms with E-state index in [0.29, 0.717) is 0 Å². The highest BCUT2D eigenvalue weighted by atomic mass is 14.3. The van der Waals surface area contributed by atoms with Crippen molar-refractivity contribution in [1.29, 1.82) is 0 Å². The fourth-order valence-corrected chi connectivity index (χ4v) is 3.00. The molecule has 2 unspecified atom stereocenters. The van der Waals surface area contributed by atoms with Crippen molar-refractivity contribution in [3.8, 4) is 0 Å². The van der Waals surface area contributed by atoms with Gasteiger partial charge in [-0.15, -0.1) is 0 Å². The predicted octanol–water partition coefficient (Wildman–Crippen LogP) is 4.09.